The Morgan fingerprint density at radius 3 is 2.50 bits per heavy atom. The summed E-state index contributed by atoms with van der Waals surface area (Å²) >= 11 is 1.27. The Morgan fingerprint density at radius 1 is 1.12 bits per heavy atom. The number of aromatic nitrogens is 4. The van der Waals surface area contributed by atoms with Gasteiger partial charge in [0, 0.05) is 0 Å². The summed E-state index contributed by atoms with van der Waals surface area (Å²) in [6.45, 7) is 3.65. The lowest BCUT2D eigenvalue weighted by molar-refractivity contribution is -0.120. The fourth-order valence-corrected chi connectivity index (χ4v) is 3.18. The van der Waals surface area contributed by atoms with Gasteiger partial charge in [-0.1, -0.05) is 42.1 Å². The predicted molar refractivity (Wildman–Crippen MR) is 97.4 cm³/mol. The van der Waals surface area contributed by atoms with E-state index >= 15 is 0 Å². The Hall–Kier alpha value is -2.74. The summed E-state index contributed by atoms with van der Waals surface area (Å²) in [5, 5.41) is 14.8. The van der Waals surface area contributed by atoms with Crippen LogP contribution >= 0.6 is 11.8 Å². The maximum Gasteiger partial charge on any atom is 0.233 e. The SMILES string of the molecule is C[C@H](Sc1nnnn1-c1ccccc1)C(=O)N[C@@H](C)c1ccc(F)cc1. The minimum atomic E-state index is -0.397. The Morgan fingerprint density at radius 2 is 1.81 bits per heavy atom. The molecule has 8 heteroatoms. The minimum absolute atomic E-state index is 0.144. The molecule has 0 saturated carbocycles. The lowest BCUT2D eigenvalue weighted by atomic mass is 10.1. The molecule has 0 radical (unpaired) electrons. The molecule has 26 heavy (non-hydrogen) atoms. The summed E-state index contributed by atoms with van der Waals surface area (Å²) in [5.41, 5.74) is 1.67. The summed E-state index contributed by atoms with van der Waals surface area (Å²) < 4.78 is 14.6. The van der Waals surface area contributed by atoms with E-state index in [9.17, 15) is 9.18 Å². The van der Waals surface area contributed by atoms with E-state index in [1.807, 2.05) is 37.3 Å². The summed E-state index contributed by atoms with van der Waals surface area (Å²) in [4.78, 5) is 12.5. The highest BCUT2D eigenvalue weighted by Gasteiger charge is 2.21. The third-order valence-electron chi connectivity index (χ3n) is 3.82. The van der Waals surface area contributed by atoms with Crippen molar-refractivity contribution in [3.63, 3.8) is 0 Å². The van der Waals surface area contributed by atoms with Gasteiger partial charge < -0.3 is 5.32 Å². The second kappa shape index (κ2) is 8.09. The standard InChI is InChI=1S/C18H18FN5OS/c1-12(14-8-10-15(19)11-9-14)20-17(25)13(2)26-18-21-22-23-24(18)16-6-4-3-5-7-16/h3-13H,1-2H3,(H,20,25)/t12-,13-/m0/s1. The van der Waals surface area contributed by atoms with Crippen LogP contribution in [0.25, 0.3) is 5.69 Å². The van der Waals surface area contributed by atoms with E-state index in [1.165, 1.54) is 23.9 Å². The van der Waals surface area contributed by atoms with Crippen molar-refractivity contribution in [1.29, 1.82) is 0 Å². The Bertz CT molecular complexity index is 869. The van der Waals surface area contributed by atoms with Gasteiger partial charge in [-0.2, -0.15) is 4.68 Å². The minimum Gasteiger partial charge on any atom is -0.349 e. The number of rotatable bonds is 6. The number of tetrazole rings is 1. The van der Waals surface area contributed by atoms with Crippen molar-refractivity contribution < 1.29 is 9.18 Å². The zero-order chi connectivity index (χ0) is 18.5. The van der Waals surface area contributed by atoms with Crippen molar-refractivity contribution in [3.05, 3.63) is 66.0 Å². The molecule has 134 valence electrons. The van der Waals surface area contributed by atoms with Crippen LogP contribution in [0.5, 0.6) is 0 Å². The normalized spacial score (nSPS) is 13.2. The molecular formula is C18H18FN5OS. The first-order valence-corrected chi connectivity index (χ1v) is 8.99. The van der Waals surface area contributed by atoms with E-state index in [4.69, 9.17) is 0 Å². The maximum absolute atomic E-state index is 13.0. The second-order valence-electron chi connectivity index (χ2n) is 5.75. The summed E-state index contributed by atoms with van der Waals surface area (Å²) in [6.07, 6.45) is 0. The Labute approximate surface area is 154 Å². The molecule has 3 aromatic rings. The molecular weight excluding hydrogens is 353 g/mol. The van der Waals surface area contributed by atoms with Gasteiger partial charge in [-0.25, -0.2) is 4.39 Å². The fourth-order valence-electron chi connectivity index (χ4n) is 2.36. The van der Waals surface area contributed by atoms with E-state index in [2.05, 4.69) is 20.8 Å². The molecule has 1 N–H and O–H groups in total. The van der Waals surface area contributed by atoms with E-state index < -0.39 is 5.25 Å². The molecule has 3 rings (SSSR count). The lowest BCUT2D eigenvalue weighted by Crippen LogP contribution is -2.33. The first kappa shape index (κ1) is 18.1. The number of benzene rings is 2. The fraction of sp³-hybridized carbons (Fsp3) is 0.222. The molecule has 2 atom stereocenters. The molecule has 2 aromatic carbocycles. The Kier molecular flexibility index (Phi) is 5.62. The van der Waals surface area contributed by atoms with Crippen LogP contribution in [-0.4, -0.2) is 31.4 Å². The van der Waals surface area contributed by atoms with Gasteiger partial charge in [-0.3, -0.25) is 4.79 Å². The van der Waals surface area contributed by atoms with Crippen LogP contribution in [0.15, 0.2) is 59.8 Å². The number of hydrogen-bond donors (Lipinski definition) is 1. The molecule has 1 aromatic heterocycles. The van der Waals surface area contributed by atoms with Crippen molar-refractivity contribution in [2.75, 3.05) is 0 Å². The number of thioether (sulfide) groups is 1. The van der Waals surface area contributed by atoms with E-state index in [0.717, 1.165) is 11.3 Å². The molecule has 0 bridgehead atoms. The van der Waals surface area contributed by atoms with E-state index in [-0.39, 0.29) is 17.8 Å². The average molecular weight is 371 g/mol. The van der Waals surface area contributed by atoms with Gasteiger partial charge in [0.2, 0.25) is 11.1 Å². The first-order chi connectivity index (χ1) is 12.5. The van der Waals surface area contributed by atoms with Crippen LogP contribution < -0.4 is 5.32 Å². The first-order valence-electron chi connectivity index (χ1n) is 8.11. The van der Waals surface area contributed by atoms with Gasteiger partial charge in [0.1, 0.15) is 5.82 Å². The van der Waals surface area contributed by atoms with Crippen LogP contribution in [-0.2, 0) is 4.79 Å². The third-order valence-corrected chi connectivity index (χ3v) is 4.85. The number of para-hydroxylation sites is 1. The van der Waals surface area contributed by atoms with Crippen LogP contribution in [0.1, 0.15) is 25.5 Å². The molecule has 0 aliphatic rings. The van der Waals surface area contributed by atoms with Gasteiger partial charge in [-0.05, 0) is 54.1 Å². The van der Waals surface area contributed by atoms with Gasteiger partial charge >= 0.3 is 0 Å². The highest BCUT2D eigenvalue weighted by atomic mass is 32.2. The van der Waals surface area contributed by atoms with Crippen molar-refractivity contribution >= 4 is 17.7 Å². The number of halogens is 1. The van der Waals surface area contributed by atoms with Crippen LogP contribution in [0.3, 0.4) is 0 Å². The van der Waals surface area contributed by atoms with E-state index in [0.29, 0.717) is 5.16 Å². The van der Waals surface area contributed by atoms with E-state index in [1.54, 1.807) is 23.7 Å². The molecule has 6 nitrogen and oxygen atoms in total. The average Bonchev–Trinajstić information content (AvgIpc) is 3.11. The van der Waals surface area contributed by atoms with Crippen molar-refractivity contribution in [1.82, 2.24) is 25.5 Å². The molecule has 0 aliphatic carbocycles. The lowest BCUT2D eigenvalue weighted by Gasteiger charge is -2.17. The molecule has 0 saturated heterocycles. The highest BCUT2D eigenvalue weighted by molar-refractivity contribution is 8.00. The summed E-state index contributed by atoms with van der Waals surface area (Å²) in [6, 6.07) is 15.3. The number of hydrogen-bond acceptors (Lipinski definition) is 5. The highest BCUT2D eigenvalue weighted by Crippen LogP contribution is 2.23. The van der Waals surface area contributed by atoms with Crippen molar-refractivity contribution in [2.24, 2.45) is 0 Å². The second-order valence-corrected chi connectivity index (χ2v) is 7.06. The topological polar surface area (TPSA) is 72.7 Å². The molecule has 0 unspecified atom stereocenters. The molecule has 0 spiro atoms. The van der Waals surface area contributed by atoms with Crippen LogP contribution in [0, 0.1) is 5.82 Å². The monoisotopic (exact) mass is 371 g/mol. The zero-order valence-corrected chi connectivity index (χ0v) is 15.2. The molecule has 1 amide bonds. The number of nitrogens with zero attached hydrogens (tertiary/aromatic N) is 4. The maximum atomic E-state index is 13.0. The zero-order valence-electron chi connectivity index (χ0n) is 14.3. The van der Waals surface area contributed by atoms with Gasteiger partial charge in [0.05, 0.1) is 17.0 Å². The number of nitrogens with one attached hydrogen (secondary N) is 1. The van der Waals surface area contributed by atoms with Gasteiger partial charge in [0.25, 0.3) is 0 Å². The summed E-state index contributed by atoms with van der Waals surface area (Å²) in [7, 11) is 0. The van der Waals surface area contributed by atoms with Crippen LogP contribution in [0.4, 0.5) is 4.39 Å². The van der Waals surface area contributed by atoms with Gasteiger partial charge in [-0.15, -0.1) is 5.10 Å². The largest absolute Gasteiger partial charge is 0.349 e. The number of amides is 1. The van der Waals surface area contributed by atoms with Crippen molar-refractivity contribution in [2.45, 2.75) is 30.3 Å². The quantitative estimate of drug-likeness (QED) is 0.674. The molecule has 0 fully saturated rings. The number of carbonyl (C=O) groups is 1. The smallest absolute Gasteiger partial charge is 0.233 e. The van der Waals surface area contributed by atoms with Gasteiger partial charge in [0.15, 0.2) is 0 Å². The Balaban J connectivity index is 1.65. The van der Waals surface area contributed by atoms with Crippen molar-refractivity contribution in [3.8, 4) is 5.69 Å². The summed E-state index contributed by atoms with van der Waals surface area (Å²) in [5.74, 6) is -0.446. The predicted octanol–water partition coefficient (Wildman–Crippen LogP) is 3.16. The third kappa shape index (κ3) is 4.26. The number of carbonyl (C=O) groups excluding carboxylic acids is 1. The van der Waals surface area contributed by atoms with Crippen LogP contribution in [0.2, 0.25) is 0 Å². The molecule has 1 heterocycles. The molecule has 0 aliphatic heterocycles.